The van der Waals surface area contributed by atoms with Crippen LogP contribution < -0.4 is 4.74 Å². The number of aliphatic hydroxyl groups is 1. The monoisotopic (exact) mass is 189 g/mol. The fourth-order valence-electron chi connectivity index (χ4n) is 0.930. The zero-order chi connectivity index (χ0) is 9.84. The number of pyridine rings is 1. The summed E-state index contributed by atoms with van der Waals surface area (Å²) in [6.07, 6.45) is -1.45. The Morgan fingerprint density at radius 3 is 2.77 bits per heavy atom. The van der Waals surface area contributed by atoms with Crippen molar-refractivity contribution in [3.8, 4) is 5.75 Å². The van der Waals surface area contributed by atoms with Crippen LogP contribution in [0.2, 0.25) is 0 Å². The molecular weight excluding hydrogens is 180 g/mol. The standard InChI is InChI=1S/C8H9F2NO2/c1-13-7-3-11-6(8(9)10)2-5(7)4-12/h2-3,8,12H,4H2,1H3. The lowest BCUT2D eigenvalue weighted by Crippen LogP contribution is -1.97. The summed E-state index contributed by atoms with van der Waals surface area (Å²) in [7, 11) is 1.39. The molecular formula is C8H9F2NO2. The van der Waals surface area contributed by atoms with Crippen molar-refractivity contribution in [3.63, 3.8) is 0 Å². The molecule has 1 rings (SSSR count). The highest BCUT2D eigenvalue weighted by atomic mass is 19.3. The molecule has 13 heavy (non-hydrogen) atoms. The minimum atomic E-state index is -2.63. The van der Waals surface area contributed by atoms with Crippen LogP contribution in [0.25, 0.3) is 0 Å². The van der Waals surface area contributed by atoms with Gasteiger partial charge >= 0.3 is 0 Å². The van der Waals surface area contributed by atoms with E-state index in [1.807, 2.05) is 0 Å². The van der Waals surface area contributed by atoms with Crippen molar-refractivity contribution in [3.05, 3.63) is 23.5 Å². The van der Waals surface area contributed by atoms with Crippen molar-refractivity contribution in [1.82, 2.24) is 4.98 Å². The van der Waals surface area contributed by atoms with Crippen LogP contribution in [0.1, 0.15) is 17.7 Å². The third kappa shape index (κ3) is 2.12. The number of alkyl halides is 2. The highest BCUT2D eigenvalue weighted by Crippen LogP contribution is 2.23. The van der Waals surface area contributed by atoms with Gasteiger partial charge in [-0.2, -0.15) is 0 Å². The van der Waals surface area contributed by atoms with E-state index in [2.05, 4.69) is 4.98 Å². The van der Waals surface area contributed by atoms with Crippen LogP contribution in [0, 0.1) is 0 Å². The molecule has 1 aromatic heterocycles. The molecule has 0 aliphatic heterocycles. The minimum absolute atomic E-state index is 0.312. The Labute approximate surface area is 74.0 Å². The summed E-state index contributed by atoms with van der Waals surface area (Å²) < 4.78 is 29.1. The van der Waals surface area contributed by atoms with Gasteiger partial charge in [0.2, 0.25) is 0 Å². The Bertz CT molecular complexity index is 291. The number of aromatic nitrogens is 1. The predicted octanol–water partition coefficient (Wildman–Crippen LogP) is 1.52. The van der Waals surface area contributed by atoms with E-state index in [-0.39, 0.29) is 12.3 Å². The summed E-state index contributed by atoms with van der Waals surface area (Å²) in [5.74, 6) is 0.312. The maximum absolute atomic E-state index is 12.1. The number of nitrogens with zero attached hydrogens (tertiary/aromatic N) is 1. The molecule has 0 unspecified atom stereocenters. The zero-order valence-electron chi connectivity index (χ0n) is 7.00. The van der Waals surface area contributed by atoms with E-state index in [1.165, 1.54) is 13.3 Å². The van der Waals surface area contributed by atoms with Crippen molar-refractivity contribution in [1.29, 1.82) is 0 Å². The van der Waals surface area contributed by atoms with Gasteiger partial charge in [0.15, 0.2) is 0 Å². The Morgan fingerprint density at radius 1 is 1.62 bits per heavy atom. The Kier molecular flexibility index (Phi) is 3.13. The third-order valence-electron chi connectivity index (χ3n) is 1.58. The molecule has 72 valence electrons. The molecule has 0 saturated heterocycles. The van der Waals surface area contributed by atoms with E-state index < -0.39 is 6.43 Å². The van der Waals surface area contributed by atoms with Gasteiger partial charge in [-0.25, -0.2) is 8.78 Å². The summed E-state index contributed by atoms with van der Waals surface area (Å²) in [4.78, 5) is 3.47. The summed E-state index contributed by atoms with van der Waals surface area (Å²) >= 11 is 0. The highest BCUT2D eigenvalue weighted by molar-refractivity contribution is 5.32. The topological polar surface area (TPSA) is 42.4 Å². The largest absolute Gasteiger partial charge is 0.495 e. The molecule has 0 aromatic carbocycles. The fourth-order valence-corrected chi connectivity index (χ4v) is 0.930. The number of hydrogen-bond donors (Lipinski definition) is 1. The van der Waals surface area contributed by atoms with Gasteiger partial charge in [0.1, 0.15) is 11.4 Å². The maximum Gasteiger partial charge on any atom is 0.280 e. The lowest BCUT2D eigenvalue weighted by molar-refractivity contribution is 0.145. The summed E-state index contributed by atoms with van der Waals surface area (Å²) in [6.45, 7) is -0.342. The van der Waals surface area contributed by atoms with Crippen LogP contribution in [0.4, 0.5) is 8.78 Å². The van der Waals surface area contributed by atoms with Crippen molar-refractivity contribution < 1.29 is 18.6 Å². The molecule has 1 aromatic rings. The lowest BCUT2D eigenvalue weighted by Gasteiger charge is -2.06. The predicted molar refractivity (Wildman–Crippen MR) is 41.7 cm³/mol. The maximum atomic E-state index is 12.1. The van der Waals surface area contributed by atoms with Gasteiger partial charge in [0.25, 0.3) is 6.43 Å². The lowest BCUT2D eigenvalue weighted by atomic mass is 10.2. The van der Waals surface area contributed by atoms with Gasteiger partial charge in [0, 0.05) is 5.56 Å². The molecule has 0 bridgehead atoms. The fraction of sp³-hybridized carbons (Fsp3) is 0.375. The molecule has 0 saturated carbocycles. The van der Waals surface area contributed by atoms with Crippen LogP contribution >= 0.6 is 0 Å². The van der Waals surface area contributed by atoms with E-state index in [9.17, 15) is 8.78 Å². The average Bonchev–Trinajstić information content (AvgIpc) is 2.16. The van der Waals surface area contributed by atoms with Gasteiger partial charge in [-0.05, 0) is 6.07 Å². The second-order valence-electron chi connectivity index (χ2n) is 2.38. The zero-order valence-corrected chi connectivity index (χ0v) is 7.00. The molecule has 0 fully saturated rings. The molecule has 3 nitrogen and oxygen atoms in total. The van der Waals surface area contributed by atoms with Gasteiger partial charge in [-0.3, -0.25) is 4.98 Å². The van der Waals surface area contributed by atoms with Crippen molar-refractivity contribution in [2.45, 2.75) is 13.0 Å². The van der Waals surface area contributed by atoms with Crippen LogP contribution in [0.5, 0.6) is 5.75 Å². The summed E-state index contributed by atoms with van der Waals surface area (Å²) in [5, 5.41) is 8.80. The first kappa shape index (κ1) is 9.85. The second kappa shape index (κ2) is 4.13. The molecule has 1 N–H and O–H groups in total. The second-order valence-corrected chi connectivity index (χ2v) is 2.38. The normalized spacial score (nSPS) is 10.5. The Hall–Kier alpha value is -1.23. The van der Waals surface area contributed by atoms with E-state index in [4.69, 9.17) is 9.84 Å². The first-order valence-corrected chi connectivity index (χ1v) is 3.61. The van der Waals surface area contributed by atoms with Gasteiger partial charge in [-0.1, -0.05) is 0 Å². The van der Waals surface area contributed by atoms with Crippen LogP contribution in [0.3, 0.4) is 0 Å². The first-order valence-electron chi connectivity index (χ1n) is 3.61. The van der Waals surface area contributed by atoms with Crippen molar-refractivity contribution >= 4 is 0 Å². The number of ether oxygens (including phenoxy) is 1. The highest BCUT2D eigenvalue weighted by Gasteiger charge is 2.11. The summed E-state index contributed by atoms with van der Waals surface area (Å²) in [6, 6.07) is 1.13. The number of halogens is 2. The number of rotatable bonds is 3. The van der Waals surface area contributed by atoms with Gasteiger partial charge in [0.05, 0.1) is 19.9 Å². The first-order chi connectivity index (χ1) is 6.19. The van der Waals surface area contributed by atoms with Crippen molar-refractivity contribution in [2.24, 2.45) is 0 Å². The number of aliphatic hydroxyl groups excluding tert-OH is 1. The quantitative estimate of drug-likeness (QED) is 0.783. The van der Waals surface area contributed by atoms with E-state index in [0.717, 1.165) is 6.07 Å². The molecule has 1 heterocycles. The molecule has 0 radical (unpaired) electrons. The van der Waals surface area contributed by atoms with E-state index in [0.29, 0.717) is 11.3 Å². The Balaban J connectivity index is 3.05. The smallest absolute Gasteiger partial charge is 0.280 e. The van der Waals surface area contributed by atoms with Gasteiger partial charge in [-0.15, -0.1) is 0 Å². The number of methoxy groups -OCH3 is 1. The van der Waals surface area contributed by atoms with Crippen LogP contribution in [0.15, 0.2) is 12.3 Å². The van der Waals surface area contributed by atoms with E-state index in [1.54, 1.807) is 0 Å². The van der Waals surface area contributed by atoms with Crippen LogP contribution in [-0.2, 0) is 6.61 Å². The van der Waals surface area contributed by atoms with Gasteiger partial charge < -0.3 is 9.84 Å². The molecule has 0 atom stereocenters. The van der Waals surface area contributed by atoms with Crippen molar-refractivity contribution in [2.75, 3.05) is 7.11 Å². The SMILES string of the molecule is COc1cnc(C(F)F)cc1CO. The molecule has 5 heteroatoms. The molecule has 0 aliphatic rings. The summed E-state index contributed by atoms with van der Waals surface area (Å²) in [5.41, 5.74) is -0.0438. The third-order valence-corrected chi connectivity index (χ3v) is 1.58. The Morgan fingerprint density at radius 2 is 2.31 bits per heavy atom. The van der Waals surface area contributed by atoms with Crippen LogP contribution in [-0.4, -0.2) is 17.2 Å². The molecule has 0 spiro atoms. The minimum Gasteiger partial charge on any atom is -0.495 e. The molecule has 0 aliphatic carbocycles. The average molecular weight is 189 g/mol. The number of hydrogen-bond acceptors (Lipinski definition) is 3. The van der Waals surface area contributed by atoms with E-state index >= 15 is 0 Å². The molecule has 0 amide bonds.